The molecule has 3 N–H and O–H groups in total. The van der Waals surface area contributed by atoms with Gasteiger partial charge in [0.25, 0.3) is 5.91 Å². The maximum Gasteiger partial charge on any atom is 0.411 e. The third-order valence-electron chi connectivity index (χ3n) is 5.44. The predicted octanol–water partition coefficient (Wildman–Crippen LogP) is 4.04. The Morgan fingerprint density at radius 1 is 0.939 bits per heavy atom. The number of carbonyl (C=O) groups excluding carboxylic acids is 2. The summed E-state index contributed by atoms with van der Waals surface area (Å²) >= 11 is 0. The zero-order chi connectivity index (χ0) is 23.2. The summed E-state index contributed by atoms with van der Waals surface area (Å²) in [5.74, 6) is -1.35. The first-order chi connectivity index (χ1) is 16.0. The monoisotopic (exact) mass is 445 g/mol. The van der Waals surface area contributed by atoms with Gasteiger partial charge in [-0.25, -0.2) is 9.78 Å². The average molecular weight is 445 g/mol. The fraction of sp³-hybridized carbons (Fsp3) is 0.200. The largest absolute Gasteiger partial charge is 0.481 e. The molecule has 0 fully saturated rings. The van der Waals surface area contributed by atoms with Gasteiger partial charge in [-0.1, -0.05) is 48.5 Å². The van der Waals surface area contributed by atoms with E-state index in [1.807, 2.05) is 24.3 Å². The van der Waals surface area contributed by atoms with Gasteiger partial charge in [-0.05, 0) is 40.8 Å². The molecule has 8 nitrogen and oxygen atoms in total. The number of ether oxygens (including phenoxy) is 1. The van der Waals surface area contributed by atoms with Crippen LogP contribution >= 0.6 is 0 Å². The highest BCUT2D eigenvalue weighted by atomic mass is 16.5. The van der Waals surface area contributed by atoms with Gasteiger partial charge in [-0.2, -0.15) is 0 Å². The summed E-state index contributed by atoms with van der Waals surface area (Å²) in [4.78, 5) is 38.9. The summed E-state index contributed by atoms with van der Waals surface area (Å²) in [6.07, 6.45) is 1.08. The number of rotatable bonds is 8. The fourth-order valence-electron chi connectivity index (χ4n) is 3.89. The van der Waals surface area contributed by atoms with Crippen LogP contribution in [0.15, 0.2) is 66.9 Å². The Kier molecular flexibility index (Phi) is 6.64. The molecular weight excluding hydrogens is 422 g/mol. The van der Waals surface area contributed by atoms with Gasteiger partial charge >= 0.3 is 12.1 Å². The minimum absolute atomic E-state index is 0.0172. The van der Waals surface area contributed by atoms with Gasteiger partial charge in [0.05, 0.1) is 11.9 Å². The van der Waals surface area contributed by atoms with Crippen LogP contribution < -0.4 is 10.6 Å². The van der Waals surface area contributed by atoms with Crippen LogP contribution in [0.25, 0.3) is 11.1 Å². The third kappa shape index (κ3) is 5.17. The van der Waals surface area contributed by atoms with Crippen molar-refractivity contribution in [2.24, 2.45) is 0 Å². The van der Waals surface area contributed by atoms with E-state index in [0.717, 1.165) is 22.3 Å². The van der Waals surface area contributed by atoms with Crippen molar-refractivity contribution in [2.75, 3.05) is 18.5 Å². The summed E-state index contributed by atoms with van der Waals surface area (Å²) in [6, 6.07) is 19.2. The van der Waals surface area contributed by atoms with Gasteiger partial charge < -0.3 is 15.2 Å². The number of fused-ring (bicyclic) bond motifs is 3. The SMILES string of the molecule is O=C(O)CCCNC(=O)c1ccc(NC(=O)OCC2c3ccccc3-c3ccccc32)cn1. The van der Waals surface area contributed by atoms with Crippen LogP contribution in [0.4, 0.5) is 10.5 Å². The summed E-state index contributed by atoms with van der Waals surface area (Å²) in [6.45, 7) is 0.441. The number of hydrogen-bond acceptors (Lipinski definition) is 5. The first kappa shape index (κ1) is 22.0. The average Bonchev–Trinajstić information content (AvgIpc) is 3.14. The molecule has 0 bridgehead atoms. The molecule has 1 aliphatic rings. The van der Waals surface area contributed by atoms with Crippen molar-refractivity contribution in [3.8, 4) is 11.1 Å². The van der Waals surface area contributed by atoms with Gasteiger partial charge in [0.1, 0.15) is 12.3 Å². The van der Waals surface area contributed by atoms with Crippen LogP contribution in [0.3, 0.4) is 0 Å². The van der Waals surface area contributed by atoms with Crippen molar-refractivity contribution < 1.29 is 24.2 Å². The maximum atomic E-state index is 12.4. The number of pyridine rings is 1. The molecule has 1 aromatic heterocycles. The Morgan fingerprint density at radius 3 is 2.21 bits per heavy atom. The van der Waals surface area contributed by atoms with Crippen molar-refractivity contribution in [3.63, 3.8) is 0 Å². The molecule has 0 saturated heterocycles. The van der Waals surface area contributed by atoms with Crippen LogP contribution in [0.1, 0.15) is 40.4 Å². The van der Waals surface area contributed by atoms with Gasteiger partial charge in [0.15, 0.2) is 0 Å². The molecule has 0 aliphatic heterocycles. The highest BCUT2D eigenvalue weighted by molar-refractivity contribution is 5.93. The van der Waals surface area contributed by atoms with E-state index in [2.05, 4.69) is 39.9 Å². The number of anilines is 1. The molecule has 0 saturated carbocycles. The van der Waals surface area contributed by atoms with Crippen LogP contribution in [0, 0.1) is 0 Å². The Hall–Kier alpha value is -4.20. The van der Waals surface area contributed by atoms with E-state index in [1.54, 1.807) is 6.07 Å². The van der Waals surface area contributed by atoms with E-state index in [1.165, 1.54) is 12.3 Å². The van der Waals surface area contributed by atoms with E-state index in [9.17, 15) is 14.4 Å². The van der Waals surface area contributed by atoms with Crippen molar-refractivity contribution in [1.82, 2.24) is 10.3 Å². The minimum Gasteiger partial charge on any atom is -0.481 e. The second-order valence-electron chi connectivity index (χ2n) is 7.64. The van der Waals surface area contributed by atoms with Crippen molar-refractivity contribution in [3.05, 3.63) is 83.7 Å². The zero-order valence-corrected chi connectivity index (χ0v) is 17.8. The minimum atomic E-state index is -0.911. The van der Waals surface area contributed by atoms with Crippen molar-refractivity contribution in [2.45, 2.75) is 18.8 Å². The number of hydrogen-bond donors (Lipinski definition) is 3. The van der Waals surface area contributed by atoms with Gasteiger partial charge in [-0.15, -0.1) is 0 Å². The molecule has 1 heterocycles. The Labute approximate surface area is 190 Å². The molecule has 2 aromatic carbocycles. The van der Waals surface area contributed by atoms with E-state index < -0.39 is 18.0 Å². The summed E-state index contributed by atoms with van der Waals surface area (Å²) in [7, 11) is 0. The Balaban J connectivity index is 1.31. The molecule has 0 atom stereocenters. The molecule has 8 heteroatoms. The first-order valence-electron chi connectivity index (χ1n) is 10.6. The summed E-state index contributed by atoms with van der Waals surface area (Å²) in [5, 5.41) is 13.8. The molecule has 3 aromatic rings. The van der Waals surface area contributed by atoms with Crippen molar-refractivity contribution >= 4 is 23.7 Å². The number of carboxylic acid groups (broad SMARTS) is 1. The van der Waals surface area contributed by atoms with Gasteiger partial charge in [0, 0.05) is 18.9 Å². The second-order valence-corrected chi connectivity index (χ2v) is 7.64. The second kappa shape index (κ2) is 9.95. The number of carboxylic acids is 1. The lowest BCUT2D eigenvalue weighted by Crippen LogP contribution is -2.25. The van der Waals surface area contributed by atoms with Gasteiger partial charge in [-0.3, -0.25) is 14.9 Å². The van der Waals surface area contributed by atoms with Crippen LogP contribution in [0.5, 0.6) is 0 Å². The molecule has 168 valence electrons. The highest BCUT2D eigenvalue weighted by Gasteiger charge is 2.29. The fourth-order valence-corrected chi connectivity index (χ4v) is 3.89. The maximum absolute atomic E-state index is 12.4. The van der Waals surface area contributed by atoms with Gasteiger partial charge in [0.2, 0.25) is 0 Å². The number of aliphatic carboxylic acids is 1. The molecule has 0 unspecified atom stereocenters. The number of carbonyl (C=O) groups is 3. The highest BCUT2D eigenvalue weighted by Crippen LogP contribution is 2.44. The van der Waals surface area contributed by atoms with E-state index in [0.29, 0.717) is 12.1 Å². The van der Waals surface area contributed by atoms with Crippen LogP contribution in [-0.4, -0.2) is 41.2 Å². The lowest BCUT2D eigenvalue weighted by molar-refractivity contribution is -0.137. The summed E-state index contributed by atoms with van der Waals surface area (Å²) < 4.78 is 5.50. The molecule has 4 rings (SSSR count). The zero-order valence-electron chi connectivity index (χ0n) is 17.8. The Bertz CT molecular complexity index is 1130. The first-order valence-corrected chi connectivity index (χ1v) is 10.6. The van der Waals surface area contributed by atoms with E-state index in [4.69, 9.17) is 9.84 Å². The molecule has 0 spiro atoms. The summed E-state index contributed by atoms with van der Waals surface area (Å²) in [5.41, 5.74) is 5.14. The number of aromatic nitrogens is 1. The number of nitrogens with zero attached hydrogens (tertiary/aromatic N) is 1. The normalized spacial score (nSPS) is 11.9. The smallest absolute Gasteiger partial charge is 0.411 e. The molecule has 2 amide bonds. The van der Waals surface area contributed by atoms with Crippen LogP contribution in [0.2, 0.25) is 0 Å². The Morgan fingerprint density at radius 2 is 1.61 bits per heavy atom. The van der Waals surface area contributed by atoms with E-state index in [-0.39, 0.29) is 31.2 Å². The van der Waals surface area contributed by atoms with Crippen LogP contribution in [-0.2, 0) is 9.53 Å². The molecule has 0 radical (unpaired) electrons. The lowest BCUT2D eigenvalue weighted by atomic mass is 9.98. The number of benzene rings is 2. The van der Waals surface area contributed by atoms with E-state index >= 15 is 0 Å². The quantitative estimate of drug-likeness (QED) is 0.451. The third-order valence-corrected chi connectivity index (χ3v) is 5.44. The molecular formula is C25H23N3O5. The topological polar surface area (TPSA) is 118 Å². The number of amides is 2. The molecule has 33 heavy (non-hydrogen) atoms. The lowest BCUT2D eigenvalue weighted by Gasteiger charge is -2.14. The molecule has 1 aliphatic carbocycles. The van der Waals surface area contributed by atoms with Crippen molar-refractivity contribution in [1.29, 1.82) is 0 Å². The predicted molar refractivity (Wildman–Crippen MR) is 122 cm³/mol. The standard InChI is InChI=1S/C25H23N3O5/c29-23(30)10-5-13-26-24(31)22-12-11-16(14-27-22)28-25(32)33-15-21-19-8-3-1-6-17(19)18-7-2-4-9-20(18)21/h1-4,6-9,11-12,14,21H,5,10,13,15H2,(H,26,31)(H,28,32)(H,29,30). The number of nitrogens with one attached hydrogen (secondary N) is 2.